The zero-order valence-corrected chi connectivity index (χ0v) is 9.93. The van der Waals surface area contributed by atoms with Gasteiger partial charge in [-0.05, 0) is 23.4 Å². The maximum Gasteiger partial charge on any atom is 0.335 e. The molecule has 3 nitrogen and oxygen atoms in total. The molecule has 0 aromatic heterocycles. The van der Waals surface area contributed by atoms with Crippen LogP contribution in [0.1, 0.15) is 5.56 Å². The normalized spacial score (nSPS) is 10.3. The van der Waals surface area contributed by atoms with Crippen molar-refractivity contribution in [2.24, 2.45) is 0 Å². The van der Waals surface area contributed by atoms with Crippen molar-refractivity contribution in [1.29, 1.82) is 0 Å². The Labute approximate surface area is 105 Å². The third-order valence-corrected chi connectivity index (χ3v) is 2.73. The highest BCUT2D eigenvalue weighted by Gasteiger charge is 2.07. The van der Waals surface area contributed by atoms with Crippen LogP contribution in [-0.4, -0.2) is 17.7 Å². The maximum absolute atomic E-state index is 11.3. The van der Waals surface area contributed by atoms with E-state index in [9.17, 15) is 4.79 Å². The molecule has 2 aromatic carbocycles. The fourth-order valence-corrected chi connectivity index (χ4v) is 1.92. The van der Waals surface area contributed by atoms with Crippen molar-refractivity contribution in [3.63, 3.8) is 0 Å². The van der Waals surface area contributed by atoms with E-state index in [1.807, 2.05) is 30.3 Å². The van der Waals surface area contributed by atoms with Gasteiger partial charge in [-0.15, -0.1) is 0 Å². The van der Waals surface area contributed by atoms with E-state index in [1.165, 1.54) is 0 Å². The smallest absolute Gasteiger partial charge is 0.335 e. The molecule has 0 aliphatic rings. The number of esters is 1. The molecule has 0 aliphatic carbocycles. The predicted octanol–water partition coefficient (Wildman–Crippen LogP) is 2.47. The van der Waals surface area contributed by atoms with E-state index in [-0.39, 0.29) is 6.61 Å². The molecule has 2 aromatic rings. The Morgan fingerprint density at radius 3 is 2.67 bits per heavy atom. The topological polar surface area (TPSA) is 46.5 Å². The Hall–Kier alpha value is -2.13. The molecule has 0 amide bonds. The van der Waals surface area contributed by atoms with Gasteiger partial charge in [-0.3, -0.25) is 0 Å². The first-order valence-corrected chi connectivity index (χ1v) is 5.72. The molecule has 3 heteroatoms. The summed E-state index contributed by atoms with van der Waals surface area (Å²) in [6.07, 6.45) is 1.71. The molecule has 0 spiro atoms. The van der Waals surface area contributed by atoms with Gasteiger partial charge >= 0.3 is 5.97 Å². The first-order chi connectivity index (χ1) is 8.76. The van der Waals surface area contributed by atoms with Gasteiger partial charge in [-0.25, -0.2) is 4.79 Å². The summed E-state index contributed by atoms with van der Waals surface area (Å²) in [6, 6.07) is 11.3. The second-order valence-corrected chi connectivity index (χ2v) is 3.87. The molecule has 0 saturated carbocycles. The van der Waals surface area contributed by atoms with Crippen molar-refractivity contribution < 1.29 is 14.6 Å². The number of aliphatic hydroxyl groups is 1. The summed E-state index contributed by atoms with van der Waals surface area (Å²) in [7, 11) is 0. The van der Waals surface area contributed by atoms with Gasteiger partial charge in [0.1, 0.15) is 5.75 Å². The van der Waals surface area contributed by atoms with Crippen LogP contribution in [0.4, 0.5) is 0 Å². The molecule has 0 bridgehead atoms. The van der Waals surface area contributed by atoms with Gasteiger partial charge in [0.2, 0.25) is 0 Å². The van der Waals surface area contributed by atoms with Crippen LogP contribution in [0.5, 0.6) is 5.75 Å². The second-order valence-electron chi connectivity index (χ2n) is 3.87. The number of carbonyl (C=O) groups excluding carboxylic acids is 1. The minimum absolute atomic E-state index is 0.0930. The van der Waals surface area contributed by atoms with Crippen molar-refractivity contribution in [1.82, 2.24) is 0 Å². The van der Waals surface area contributed by atoms with Gasteiger partial charge in [0.05, 0.1) is 0 Å². The maximum atomic E-state index is 11.3. The molecule has 0 radical (unpaired) electrons. The van der Waals surface area contributed by atoms with Crippen LogP contribution in [-0.2, 0) is 11.2 Å². The number of carbonyl (C=O) groups is 1. The van der Waals surface area contributed by atoms with Crippen molar-refractivity contribution in [3.8, 4) is 5.75 Å². The third-order valence-electron chi connectivity index (χ3n) is 2.73. The number of hydrogen-bond acceptors (Lipinski definition) is 3. The summed E-state index contributed by atoms with van der Waals surface area (Å²) in [5.74, 6) is 0.0345. The molecule has 2 rings (SSSR count). The van der Waals surface area contributed by atoms with E-state index in [2.05, 4.69) is 6.58 Å². The minimum Gasteiger partial charge on any atom is -0.423 e. The summed E-state index contributed by atoms with van der Waals surface area (Å²) in [5.41, 5.74) is 1.03. The van der Waals surface area contributed by atoms with E-state index < -0.39 is 5.97 Å². The lowest BCUT2D eigenvalue weighted by molar-refractivity contribution is -0.128. The highest BCUT2D eigenvalue weighted by atomic mass is 16.5. The summed E-state index contributed by atoms with van der Waals surface area (Å²) >= 11 is 0. The number of rotatable bonds is 4. The van der Waals surface area contributed by atoms with Gasteiger partial charge in [0, 0.05) is 18.1 Å². The molecule has 18 heavy (non-hydrogen) atoms. The van der Waals surface area contributed by atoms with E-state index in [0.29, 0.717) is 12.2 Å². The average Bonchev–Trinajstić information content (AvgIpc) is 2.40. The monoisotopic (exact) mass is 242 g/mol. The molecule has 0 saturated heterocycles. The number of benzene rings is 2. The zero-order valence-electron chi connectivity index (χ0n) is 9.93. The highest BCUT2D eigenvalue weighted by Crippen LogP contribution is 2.28. The largest absolute Gasteiger partial charge is 0.423 e. The van der Waals surface area contributed by atoms with Gasteiger partial charge in [-0.2, -0.15) is 0 Å². The van der Waals surface area contributed by atoms with Gasteiger partial charge in [-0.1, -0.05) is 36.9 Å². The van der Waals surface area contributed by atoms with Crippen LogP contribution < -0.4 is 4.74 Å². The van der Waals surface area contributed by atoms with Crippen LogP contribution in [0, 0.1) is 0 Å². The van der Waals surface area contributed by atoms with Crippen molar-refractivity contribution in [2.75, 3.05) is 6.61 Å². The van der Waals surface area contributed by atoms with Crippen LogP contribution in [0.15, 0.2) is 49.1 Å². The van der Waals surface area contributed by atoms with Crippen LogP contribution >= 0.6 is 0 Å². The molecule has 1 N–H and O–H groups in total. The van der Waals surface area contributed by atoms with Crippen molar-refractivity contribution in [2.45, 2.75) is 6.42 Å². The SMILES string of the molecule is C=CC(=O)Oc1cccc2c(CCO)cccc12. The summed E-state index contributed by atoms with van der Waals surface area (Å²) in [6.45, 7) is 3.47. The molecule has 0 atom stereocenters. The fraction of sp³-hybridized carbons (Fsp3) is 0.133. The quantitative estimate of drug-likeness (QED) is 0.509. The third kappa shape index (κ3) is 2.41. The van der Waals surface area contributed by atoms with Crippen molar-refractivity contribution in [3.05, 3.63) is 54.6 Å². The first kappa shape index (κ1) is 12.3. The minimum atomic E-state index is -0.477. The first-order valence-electron chi connectivity index (χ1n) is 5.72. The number of aliphatic hydroxyl groups excluding tert-OH is 1. The van der Waals surface area contributed by atoms with Gasteiger partial charge < -0.3 is 9.84 Å². The Bertz CT molecular complexity index is 587. The fourth-order valence-electron chi connectivity index (χ4n) is 1.92. The lowest BCUT2D eigenvalue weighted by Crippen LogP contribution is -2.03. The lowest BCUT2D eigenvalue weighted by atomic mass is 10.0. The molecule has 0 heterocycles. The predicted molar refractivity (Wildman–Crippen MR) is 70.6 cm³/mol. The summed E-state index contributed by atoms with van der Waals surface area (Å²) < 4.78 is 5.19. The lowest BCUT2D eigenvalue weighted by Gasteiger charge is -2.09. The van der Waals surface area contributed by atoms with Gasteiger partial charge in [0.25, 0.3) is 0 Å². The molecule has 0 aliphatic heterocycles. The molecule has 92 valence electrons. The van der Waals surface area contributed by atoms with Crippen molar-refractivity contribution >= 4 is 16.7 Å². The van der Waals surface area contributed by atoms with Crippen LogP contribution in [0.2, 0.25) is 0 Å². The van der Waals surface area contributed by atoms with Crippen LogP contribution in [0.3, 0.4) is 0 Å². The molecule has 0 fully saturated rings. The number of hydrogen-bond donors (Lipinski definition) is 1. The second kappa shape index (κ2) is 5.47. The Morgan fingerprint density at radius 2 is 1.94 bits per heavy atom. The van der Waals surface area contributed by atoms with Gasteiger partial charge in [0.15, 0.2) is 0 Å². The van der Waals surface area contributed by atoms with E-state index in [0.717, 1.165) is 22.4 Å². The molecule has 0 unspecified atom stereocenters. The summed E-state index contributed by atoms with van der Waals surface area (Å²) in [4.78, 5) is 11.3. The Balaban J connectivity index is 2.52. The average molecular weight is 242 g/mol. The molecular formula is C15H14O3. The standard InChI is InChI=1S/C15H14O3/c1-2-15(17)18-14-8-4-6-12-11(9-10-16)5-3-7-13(12)14/h2-8,16H,1,9-10H2. The van der Waals surface area contributed by atoms with E-state index >= 15 is 0 Å². The van der Waals surface area contributed by atoms with E-state index in [1.54, 1.807) is 6.07 Å². The number of fused-ring (bicyclic) bond motifs is 1. The highest BCUT2D eigenvalue weighted by molar-refractivity contribution is 5.94. The van der Waals surface area contributed by atoms with E-state index in [4.69, 9.17) is 9.84 Å². The summed E-state index contributed by atoms with van der Waals surface area (Å²) in [5, 5.41) is 10.9. The zero-order chi connectivity index (χ0) is 13.0. The number of ether oxygens (including phenoxy) is 1. The molecular weight excluding hydrogens is 228 g/mol. The Kier molecular flexibility index (Phi) is 3.75. The van der Waals surface area contributed by atoms with Crippen LogP contribution in [0.25, 0.3) is 10.8 Å². The Morgan fingerprint density at radius 1 is 1.22 bits per heavy atom.